The van der Waals surface area contributed by atoms with Crippen molar-refractivity contribution >= 4 is 23.1 Å². The lowest BCUT2D eigenvalue weighted by Gasteiger charge is -2.02. The lowest BCUT2D eigenvalue weighted by atomic mass is 10.2. The molecular formula is C22H19N3OS2. The van der Waals surface area contributed by atoms with Crippen LogP contribution in [-0.2, 0) is 5.75 Å². The van der Waals surface area contributed by atoms with Gasteiger partial charge in [0.25, 0.3) is 0 Å². The van der Waals surface area contributed by atoms with E-state index in [0.29, 0.717) is 0 Å². The number of benzene rings is 2. The monoisotopic (exact) mass is 405 g/mol. The van der Waals surface area contributed by atoms with E-state index in [4.69, 9.17) is 9.72 Å². The van der Waals surface area contributed by atoms with Crippen LogP contribution in [0.3, 0.4) is 0 Å². The fourth-order valence-corrected chi connectivity index (χ4v) is 4.55. The van der Waals surface area contributed by atoms with Gasteiger partial charge in [0, 0.05) is 11.3 Å². The van der Waals surface area contributed by atoms with Crippen molar-refractivity contribution in [1.29, 1.82) is 0 Å². The third kappa shape index (κ3) is 4.24. The Bertz CT molecular complexity index is 1050. The Kier molecular flexibility index (Phi) is 5.69. The van der Waals surface area contributed by atoms with Crippen LogP contribution in [0.25, 0.3) is 21.1 Å². The Hall–Kier alpha value is -2.70. The first-order valence-electron chi connectivity index (χ1n) is 8.85. The molecule has 140 valence electrons. The second-order valence-corrected chi connectivity index (χ2v) is 8.19. The molecule has 0 radical (unpaired) electrons. The molecule has 0 aliphatic heterocycles. The van der Waals surface area contributed by atoms with Gasteiger partial charge in [-0.25, -0.2) is 4.98 Å². The Morgan fingerprint density at radius 2 is 1.71 bits per heavy atom. The zero-order valence-electron chi connectivity index (χ0n) is 15.6. The van der Waals surface area contributed by atoms with Gasteiger partial charge in [-0.2, -0.15) is 0 Å². The van der Waals surface area contributed by atoms with Crippen molar-refractivity contribution in [3.05, 3.63) is 78.0 Å². The molecule has 0 aliphatic carbocycles. The maximum absolute atomic E-state index is 5.23. The average molecular weight is 406 g/mol. The predicted octanol–water partition coefficient (Wildman–Crippen LogP) is 5.88. The second-order valence-electron chi connectivity index (χ2n) is 6.19. The third-order valence-electron chi connectivity index (χ3n) is 4.24. The summed E-state index contributed by atoms with van der Waals surface area (Å²) in [4.78, 5) is 5.77. The molecule has 0 N–H and O–H groups in total. The molecule has 0 bridgehead atoms. The molecular weight excluding hydrogens is 386 g/mol. The Labute approximate surface area is 172 Å². The molecule has 2 aromatic carbocycles. The quantitative estimate of drug-likeness (QED) is 0.375. The minimum atomic E-state index is 0.840. The highest BCUT2D eigenvalue weighted by atomic mass is 32.2. The zero-order chi connectivity index (χ0) is 19.3. The van der Waals surface area contributed by atoms with E-state index in [1.54, 1.807) is 30.2 Å². The lowest BCUT2D eigenvalue weighted by molar-refractivity contribution is 0.415. The molecule has 6 heteroatoms. The number of hydrogen-bond donors (Lipinski definition) is 0. The number of rotatable bonds is 6. The van der Waals surface area contributed by atoms with Gasteiger partial charge in [0.15, 0.2) is 0 Å². The number of nitrogens with zero attached hydrogens (tertiary/aromatic N) is 3. The summed E-state index contributed by atoms with van der Waals surface area (Å²) in [5, 5.41) is 10.7. The summed E-state index contributed by atoms with van der Waals surface area (Å²) < 4.78 is 5.23. The number of thioether (sulfide) groups is 1. The van der Waals surface area contributed by atoms with E-state index in [2.05, 4.69) is 34.5 Å². The van der Waals surface area contributed by atoms with E-state index in [9.17, 15) is 0 Å². The van der Waals surface area contributed by atoms with Crippen LogP contribution in [0.1, 0.15) is 11.3 Å². The minimum absolute atomic E-state index is 0.840. The molecule has 0 saturated heterocycles. The van der Waals surface area contributed by atoms with E-state index in [-0.39, 0.29) is 0 Å². The van der Waals surface area contributed by atoms with E-state index >= 15 is 0 Å². The Morgan fingerprint density at radius 1 is 0.929 bits per heavy atom. The summed E-state index contributed by atoms with van der Waals surface area (Å²) in [6.45, 7) is 2.01. The van der Waals surface area contributed by atoms with Crippen LogP contribution in [0.2, 0.25) is 0 Å². The summed E-state index contributed by atoms with van der Waals surface area (Å²) in [6, 6.07) is 22.4. The molecule has 4 aromatic rings. The van der Waals surface area contributed by atoms with Crippen LogP contribution in [0.4, 0.5) is 0 Å². The number of ether oxygens (including phenoxy) is 1. The second kappa shape index (κ2) is 8.54. The highest BCUT2D eigenvalue weighted by Crippen LogP contribution is 2.35. The number of hydrogen-bond acceptors (Lipinski definition) is 6. The number of aryl methyl sites for hydroxylation is 1. The van der Waals surface area contributed by atoms with Crippen molar-refractivity contribution < 1.29 is 4.74 Å². The average Bonchev–Trinajstić information content (AvgIpc) is 3.15. The normalized spacial score (nSPS) is 10.8. The van der Waals surface area contributed by atoms with Gasteiger partial charge < -0.3 is 4.74 Å². The first-order valence-corrected chi connectivity index (χ1v) is 10.7. The van der Waals surface area contributed by atoms with E-state index in [1.807, 2.05) is 49.4 Å². The highest BCUT2D eigenvalue weighted by molar-refractivity contribution is 7.98. The van der Waals surface area contributed by atoms with Gasteiger partial charge in [0.1, 0.15) is 21.5 Å². The molecule has 0 unspecified atom stereocenters. The largest absolute Gasteiger partial charge is 0.497 e. The van der Waals surface area contributed by atoms with Gasteiger partial charge in [-0.3, -0.25) is 0 Å². The Balaban J connectivity index is 1.50. The first kappa shape index (κ1) is 18.7. The summed E-state index contributed by atoms with van der Waals surface area (Å²) in [7, 11) is 1.67. The van der Waals surface area contributed by atoms with Gasteiger partial charge in [0.2, 0.25) is 0 Å². The van der Waals surface area contributed by atoms with Gasteiger partial charge in [-0.1, -0.05) is 42.1 Å². The topological polar surface area (TPSA) is 47.9 Å². The fraction of sp³-hybridized carbons (Fsp3) is 0.136. The molecule has 0 amide bonds. The zero-order valence-corrected chi connectivity index (χ0v) is 17.3. The predicted molar refractivity (Wildman–Crippen MR) is 116 cm³/mol. The Morgan fingerprint density at radius 3 is 2.39 bits per heavy atom. The number of thiazole rings is 1. The van der Waals surface area contributed by atoms with E-state index < -0.39 is 0 Å². The summed E-state index contributed by atoms with van der Waals surface area (Å²) in [6.07, 6.45) is 0. The molecule has 4 nitrogen and oxygen atoms in total. The van der Waals surface area contributed by atoms with Crippen LogP contribution in [0, 0.1) is 6.92 Å². The minimum Gasteiger partial charge on any atom is -0.497 e. The van der Waals surface area contributed by atoms with Gasteiger partial charge in [0.05, 0.1) is 17.7 Å². The van der Waals surface area contributed by atoms with Crippen molar-refractivity contribution in [3.8, 4) is 26.9 Å². The molecule has 0 atom stereocenters. The van der Waals surface area contributed by atoms with Crippen molar-refractivity contribution in [2.45, 2.75) is 17.7 Å². The SMILES string of the molecule is COc1ccc(-c2nc(C)c(-c3ccc(SCc4ccccc4)nn3)s2)cc1. The van der Waals surface area contributed by atoms with Crippen LogP contribution < -0.4 is 4.74 Å². The molecule has 0 saturated carbocycles. The third-order valence-corrected chi connectivity index (χ3v) is 6.46. The van der Waals surface area contributed by atoms with Crippen LogP contribution >= 0.6 is 23.1 Å². The number of aromatic nitrogens is 3. The van der Waals surface area contributed by atoms with Crippen molar-refractivity contribution in [2.75, 3.05) is 7.11 Å². The lowest BCUT2D eigenvalue weighted by Crippen LogP contribution is -1.90. The molecule has 0 aliphatic rings. The fourth-order valence-electron chi connectivity index (χ4n) is 2.74. The summed E-state index contributed by atoms with van der Waals surface area (Å²) in [5.41, 5.74) is 4.18. The first-order chi connectivity index (χ1) is 13.7. The maximum atomic E-state index is 5.23. The summed E-state index contributed by atoms with van der Waals surface area (Å²) in [5.74, 6) is 1.72. The van der Waals surface area contributed by atoms with E-state index in [1.165, 1.54) is 5.56 Å². The smallest absolute Gasteiger partial charge is 0.124 e. The molecule has 2 heterocycles. The van der Waals surface area contributed by atoms with Crippen molar-refractivity contribution in [2.24, 2.45) is 0 Å². The summed E-state index contributed by atoms with van der Waals surface area (Å²) >= 11 is 3.32. The van der Waals surface area contributed by atoms with Crippen LogP contribution in [0.15, 0.2) is 71.8 Å². The van der Waals surface area contributed by atoms with Gasteiger partial charge in [-0.15, -0.1) is 21.5 Å². The maximum Gasteiger partial charge on any atom is 0.124 e. The molecule has 4 rings (SSSR count). The highest BCUT2D eigenvalue weighted by Gasteiger charge is 2.13. The van der Waals surface area contributed by atoms with Gasteiger partial charge >= 0.3 is 0 Å². The van der Waals surface area contributed by atoms with Crippen LogP contribution in [0.5, 0.6) is 5.75 Å². The van der Waals surface area contributed by atoms with Gasteiger partial charge in [-0.05, 0) is 48.9 Å². The van der Waals surface area contributed by atoms with Crippen molar-refractivity contribution in [1.82, 2.24) is 15.2 Å². The van der Waals surface area contributed by atoms with Crippen LogP contribution in [-0.4, -0.2) is 22.3 Å². The molecule has 2 aromatic heterocycles. The molecule has 0 fully saturated rings. The van der Waals surface area contributed by atoms with E-state index in [0.717, 1.165) is 43.4 Å². The molecule has 28 heavy (non-hydrogen) atoms. The molecule has 0 spiro atoms. The number of methoxy groups -OCH3 is 1. The van der Waals surface area contributed by atoms with Crippen molar-refractivity contribution in [3.63, 3.8) is 0 Å². The standard InChI is InChI=1S/C22H19N3OS2/c1-15-21(28-22(23-15)17-8-10-18(26-2)11-9-17)19-12-13-20(25-24-19)27-14-16-6-4-3-5-7-16/h3-13H,14H2,1-2H3.